The molecule has 0 amide bonds. The Morgan fingerprint density at radius 1 is 0.333 bits per heavy atom. The van der Waals surface area contributed by atoms with Crippen molar-refractivity contribution in [3.05, 3.63) is 154 Å². The minimum Gasteiger partial charge on any atom is -0.456 e. The average Bonchev–Trinajstić information content (AvgIpc) is 3.55. The first-order valence-corrected chi connectivity index (χ1v) is 18.1. The van der Waals surface area contributed by atoms with Crippen molar-refractivity contribution in [3.63, 3.8) is 0 Å². The zero-order chi connectivity index (χ0) is 35.3. The quantitative estimate of drug-likeness (QED) is 0.172. The second-order valence-corrected chi connectivity index (χ2v) is 14.6. The van der Waals surface area contributed by atoms with Gasteiger partial charge in [-0.2, -0.15) is 0 Å². The average molecular weight is 659 g/mol. The fraction of sp³-hybridized carbons (Fsp3) is 0.160. The van der Waals surface area contributed by atoms with Crippen molar-refractivity contribution in [1.29, 1.82) is 0 Å². The van der Waals surface area contributed by atoms with E-state index in [9.17, 15) is 0 Å². The molecule has 0 atom stereocenters. The number of hydrogen-bond acceptors (Lipinski definition) is 1. The maximum absolute atomic E-state index is 6.53. The van der Waals surface area contributed by atoms with Crippen LogP contribution in [0.5, 0.6) is 0 Å². The van der Waals surface area contributed by atoms with Crippen LogP contribution in [0, 0.1) is 55.4 Å². The van der Waals surface area contributed by atoms with Crippen LogP contribution in [-0.4, -0.2) is 0 Å². The molecule has 0 saturated carbocycles. The maximum Gasteiger partial charge on any atom is 0.136 e. The highest BCUT2D eigenvalue weighted by atomic mass is 16.3. The predicted octanol–water partition coefficient (Wildman–Crippen LogP) is 14.5. The number of hydrogen-bond donors (Lipinski definition) is 0. The summed E-state index contributed by atoms with van der Waals surface area (Å²) in [6, 6.07) is 39.8. The Balaban J connectivity index is 1.61. The van der Waals surface area contributed by atoms with E-state index >= 15 is 0 Å². The molecule has 0 radical (unpaired) electrons. The summed E-state index contributed by atoms with van der Waals surface area (Å²) in [4.78, 5) is 0. The monoisotopic (exact) mass is 658 g/mol. The lowest BCUT2D eigenvalue weighted by Crippen LogP contribution is -2.04. The Morgan fingerprint density at radius 2 is 0.824 bits per heavy atom. The number of rotatable bonds is 3. The minimum atomic E-state index is 0.925. The molecule has 0 aliphatic rings. The minimum absolute atomic E-state index is 0.925. The molecule has 0 saturated heterocycles. The second kappa shape index (κ2) is 11.4. The van der Waals surface area contributed by atoms with Crippen LogP contribution in [0.3, 0.4) is 0 Å². The molecule has 51 heavy (non-hydrogen) atoms. The van der Waals surface area contributed by atoms with Crippen LogP contribution in [-0.2, 0) is 0 Å². The third-order valence-electron chi connectivity index (χ3n) is 12.3. The highest BCUT2D eigenvalue weighted by Crippen LogP contribution is 2.53. The predicted molar refractivity (Wildman–Crippen MR) is 220 cm³/mol. The molecule has 1 heterocycles. The van der Waals surface area contributed by atoms with Crippen LogP contribution in [0.1, 0.15) is 44.5 Å². The summed E-state index contributed by atoms with van der Waals surface area (Å²) in [7, 11) is 0. The number of aryl methyl sites for hydroxylation is 4. The summed E-state index contributed by atoms with van der Waals surface area (Å²) >= 11 is 0. The Labute approximate surface area is 300 Å². The van der Waals surface area contributed by atoms with Crippen molar-refractivity contribution in [2.45, 2.75) is 55.4 Å². The van der Waals surface area contributed by atoms with Crippen LogP contribution >= 0.6 is 0 Å². The van der Waals surface area contributed by atoms with Gasteiger partial charge in [-0.3, -0.25) is 0 Å². The van der Waals surface area contributed by atoms with Gasteiger partial charge in [-0.25, -0.2) is 0 Å². The summed E-state index contributed by atoms with van der Waals surface area (Å²) < 4.78 is 6.53. The molecule has 1 heteroatoms. The van der Waals surface area contributed by atoms with Gasteiger partial charge in [-0.05, 0) is 190 Å². The van der Waals surface area contributed by atoms with Crippen LogP contribution in [0.25, 0.3) is 87.6 Å². The zero-order valence-electron chi connectivity index (χ0n) is 30.8. The number of fused-ring (bicyclic) bond motifs is 6. The summed E-state index contributed by atoms with van der Waals surface area (Å²) in [6.07, 6.45) is 0. The first-order chi connectivity index (χ1) is 24.7. The number of para-hydroxylation sites is 1. The highest BCUT2D eigenvalue weighted by Gasteiger charge is 2.28. The van der Waals surface area contributed by atoms with Gasteiger partial charge in [0, 0.05) is 10.8 Å². The summed E-state index contributed by atoms with van der Waals surface area (Å²) in [6.45, 7) is 18.6. The molecule has 0 aliphatic carbocycles. The highest BCUT2D eigenvalue weighted by molar-refractivity contribution is 6.30. The maximum atomic E-state index is 6.53. The van der Waals surface area contributed by atoms with Gasteiger partial charge in [-0.1, -0.05) is 84.9 Å². The molecular formula is C50H42O. The van der Waals surface area contributed by atoms with E-state index in [0.717, 1.165) is 16.6 Å². The Bertz CT molecular complexity index is 2840. The van der Waals surface area contributed by atoms with E-state index in [1.807, 2.05) is 0 Å². The Morgan fingerprint density at radius 3 is 1.43 bits per heavy atom. The molecule has 9 rings (SSSR count). The first-order valence-electron chi connectivity index (χ1n) is 18.1. The normalized spacial score (nSPS) is 11.9. The second-order valence-electron chi connectivity index (χ2n) is 14.6. The fourth-order valence-corrected chi connectivity index (χ4v) is 8.96. The van der Waals surface area contributed by atoms with Crippen LogP contribution in [0.2, 0.25) is 0 Å². The van der Waals surface area contributed by atoms with E-state index < -0.39 is 0 Å². The van der Waals surface area contributed by atoms with E-state index in [0.29, 0.717) is 0 Å². The standard InChI is InChI=1S/C50H42O/c1-27-29(3)33(7)46-44(31(27)5)49(40-22-16-24-43-48(40)39-21-14-15-23-42(39)51-43)45-32(6)28(2)30(4)34(8)47(45)50(46)41-26-37(35-17-10-9-11-18-35)25-36-19-12-13-20-38(36)41/h9-26H,1-8H3. The van der Waals surface area contributed by atoms with Gasteiger partial charge in [0.05, 0.1) is 0 Å². The van der Waals surface area contributed by atoms with Crippen molar-refractivity contribution >= 4 is 54.3 Å². The molecule has 1 aromatic heterocycles. The van der Waals surface area contributed by atoms with Crippen LogP contribution < -0.4 is 0 Å². The third-order valence-corrected chi connectivity index (χ3v) is 12.3. The number of furan rings is 1. The molecule has 9 aromatic rings. The zero-order valence-corrected chi connectivity index (χ0v) is 30.8. The van der Waals surface area contributed by atoms with E-state index in [4.69, 9.17) is 4.42 Å². The first kappa shape index (κ1) is 31.3. The lowest BCUT2D eigenvalue weighted by atomic mass is 9.75. The molecule has 8 aromatic carbocycles. The molecule has 0 unspecified atom stereocenters. The van der Waals surface area contributed by atoms with Crippen molar-refractivity contribution in [1.82, 2.24) is 0 Å². The molecule has 0 fully saturated rings. The molecule has 1 nitrogen and oxygen atoms in total. The lowest BCUT2D eigenvalue weighted by Gasteiger charge is -2.28. The smallest absolute Gasteiger partial charge is 0.136 e. The summed E-state index contributed by atoms with van der Waals surface area (Å²) in [5.41, 5.74) is 20.3. The van der Waals surface area contributed by atoms with Gasteiger partial charge in [0.25, 0.3) is 0 Å². The van der Waals surface area contributed by atoms with Crippen LogP contribution in [0.4, 0.5) is 0 Å². The van der Waals surface area contributed by atoms with Gasteiger partial charge in [0.2, 0.25) is 0 Å². The Hall–Kier alpha value is -5.66. The molecule has 248 valence electrons. The van der Waals surface area contributed by atoms with E-state index in [2.05, 4.69) is 165 Å². The largest absolute Gasteiger partial charge is 0.456 e. The molecule has 0 N–H and O–H groups in total. The summed E-state index contributed by atoms with van der Waals surface area (Å²) in [5.74, 6) is 0. The van der Waals surface area contributed by atoms with Crippen molar-refractivity contribution in [3.8, 4) is 33.4 Å². The Kier molecular flexibility index (Phi) is 7.03. The van der Waals surface area contributed by atoms with Crippen molar-refractivity contribution < 1.29 is 4.42 Å². The van der Waals surface area contributed by atoms with Crippen molar-refractivity contribution in [2.75, 3.05) is 0 Å². The SMILES string of the molecule is Cc1c(C)c(C)c2c(-c3cccc4oc5ccccc5c34)c3c(C)c(C)c(C)c(C)c3c(-c3cc(-c4ccccc4)cc4ccccc34)c2c1C. The topological polar surface area (TPSA) is 13.1 Å². The molecular weight excluding hydrogens is 617 g/mol. The van der Waals surface area contributed by atoms with Gasteiger partial charge in [0.1, 0.15) is 11.2 Å². The van der Waals surface area contributed by atoms with E-state index in [1.165, 1.54) is 116 Å². The summed E-state index contributed by atoms with van der Waals surface area (Å²) in [5, 5.41) is 10.3. The fourth-order valence-electron chi connectivity index (χ4n) is 8.96. The lowest BCUT2D eigenvalue weighted by molar-refractivity contribution is 0.669. The van der Waals surface area contributed by atoms with E-state index in [1.54, 1.807) is 0 Å². The van der Waals surface area contributed by atoms with Gasteiger partial charge in [-0.15, -0.1) is 0 Å². The van der Waals surface area contributed by atoms with E-state index in [-0.39, 0.29) is 0 Å². The van der Waals surface area contributed by atoms with Crippen LogP contribution in [0.15, 0.2) is 114 Å². The van der Waals surface area contributed by atoms with Crippen molar-refractivity contribution in [2.24, 2.45) is 0 Å². The number of benzene rings is 8. The molecule has 0 spiro atoms. The molecule has 0 bridgehead atoms. The van der Waals surface area contributed by atoms with Gasteiger partial charge >= 0.3 is 0 Å². The molecule has 0 aliphatic heterocycles. The third kappa shape index (κ3) is 4.40. The van der Waals surface area contributed by atoms with Gasteiger partial charge < -0.3 is 4.42 Å². The van der Waals surface area contributed by atoms with Gasteiger partial charge in [0.15, 0.2) is 0 Å².